The van der Waals surface area contributed by atoms with Gasteiger partial charge in [-0.05, 0) is 63.6 Å². The summed E-state index contributed by atoms with van der Waals surface area (Å²) in [4.78, 5) is 8.88. The van der Waals surface area contributed by atoms with E-state index >= 15 is 0 Å². The topological polar surface area (TPSA) is 49.8 Å². The van der Waals surface area contributed by atoms with Gasteiger partial charge in [0.1, 0.15) is 5.82 Å². The summed E-state index contributed by atoms with van der Waals surface area (Å²) in [5.74, 6) is 1.50. The van der Waals surface area contributed by atoms with E-state index in [-0.39, 0.29) is 0 Å². The van der Waals surface area contributed by atoms with Gasteiger partial charge in [0.25, 0.3) is 0 Å². The number of nitrogens with zero attached hydrogens (tertiary/aromatic N) is 2. The van der Waals surface area contributed by atoms with Crippen LogP contribution in [0.5, 0.6) is 0 Å². The van der Waals surface area contributed by atoms with Gasteiger partial charge in [-0.25, -0.2) is 4.98 Å². The number of hydrogen-bond acceptors (Lipinski definition) is 4. The average molecular weight is 322 g/mol. The van der Waals surface area contributed by atoms with Gasteiger partial charge in [0.2, 0.25) is 5.95 Å². The van der Waals surface area contributed by atoms with Crippen LogP contribution in [0.1, 0.15) is 43.2 Å². The molecule has 3 rings (SSSR count). The second-order valence-corrected chi connectivity index (χ2v) is 6.49. The Morgan fingerprint density at radius 1 is 1.12 bits per heavy atom. The molecule has 0 fully saturated rings. The van der Waals surface area contributed by atoms with Crippen molar-refractivity contribution in [2.75, 3.05) is 17.2 Å². The van der Waals surface area contributed by atoms with Gasteiger partial charge in [0.15, 0.2) is 0 Å². The first-order valence-electron chi connectivity index (χ1n) is 8.80. The number of aromatic nitrogens is 2. The number of hydrogen-bond donors (Lipinski definition) is 2. The maximum atomic E-state index is 4.56. The monoisotopic (exact) mass is 322 g/mol. The fourth-order valence-electron chi connectivity index (χ4n) is 3.07. The predicted octanol–water partition coefficient (Wildman–Crippen LogP) is 5.14. The quantitative estimate of drug-likeness (QED) is 0.723. The predicted molar refractivity (Wildman–Crippen MR) is 101 cm³/mol. The lowest BCUT2D eigenvalue weighted by Gasteiger charge is -2.13. The molecule has 1 aliphatic carbocycles. The molecule has 0 atom stereocenters. The van der Waals surface area contributed by atoms with E-state index in [0.717, 1.165) is 24.5 Å². The lowest BCUT2D eigenvalue weighted by Crippen LogP contribution is -2.07. The summed E-state index contributed by atoms with van der Waals surface area (Å²) in [5.41, 5.74) is 5.08. The zero-order valence-corrected chi connectivity index (χ0v) is 14.6. The number of aryl methyl sites for hydroxylation is 2. The van der Waals surface area contributed by atoms with Gasteiger partial charge in [-0.3, -0.25) is 0 Å². The highest BCUT2D eigenvalue weighted by Gasteiger charge is 2.05. The van der Waals surface area contributed by atoms with E-state index in [1.165, 1.54) is 36.8 Å². The first-order chi connectivity index (χ1) is 11.7. The van der Waals surface area contributed by atoms with Crippen LogP contribution < -0.4 is 10.6 Å². The Balaban J connectivity index is 1.58. The Morgan fingerprint density at radius 3 is 2.83 bits per heavy atom. The SMILES string of the molecule is Cc1ccc(Nc2nccc(NCCC3=CCCCC3)n2)c(C)c1. The number of nitrogens with one attached hydrogen (secondary N) is 2. The molecule has 1 aromatic heterocycles. The summed E-state index contributed by atoms with van der Waals surface area (Å²) in [7, 11) is 0. The summed E-state index contributed by atoms with van der Waals surface area (Å²) in [5, 5.41) is 6.72. The summed E-state index contributed by atoms with van der Waals surface area (Å²) in [6.07, 6.45) is 10.5. The molecule has 4 nitrogen and oxygen atoms in total. The molecule has 0 spiro atoms. The molecule has 2 aromatic rings. The van der Waals surface area contributed by atoms with Crippen molar-refractivity contribution in [1.82, 2.24) is 9.97 Å². The molecule has 0 unspecified atom stereocenters. The zero-order chi connectivity index (χ0) is 16.8. The number of rotatable bonds is 6. The smallest absolute Gasteiger partial charge is 0.229 e. The third-order valence-electron chi connectivity index (χ3n) is 4.42. The van der Waals surface area contributed by atoms with Crippen LogP contribution in [0.15, 0.2) is 42.1 Å². The molecule has 2 N–H and O–H groups in total. The highest BCUT2D eigenvalue weighted by Crippen LogP contribution is 2.21. The van der Waals surface area contributed by atoms with Gasteiger partial charge < -0.3 is 10.6 Å². The van der Waals surface area contributed by atoms with Crippen LogP contribution in [0.2, 0.25) is 0 Å². The Kier molecular flexibility index (Phi) is 5.47. The van der Waals surface area contributed by atoms with Crippen LogP contribution in [0, 0.1) is 13.8 Å². The number of benzene rings is 1. The third-order valence-corrected chi connectivity index (χ3v) is 4.42. The van der Waals surface area contributed by atoms with E-state index < -0.39 is 0 Å². The number of anilines is 3. The molecule has 126 valence electrons. The third kappa shape index (κ3) is 4.57. The van der Waals surface area contributed by atoms with E-state index in [2.05, 4.69) is 58.7 Å². The normalized spacial score (nSPS) is 14.2. The second-order valence-electron chi connectivity index (χ2n) is 6.49. The zero-order valence-electron chi connectivity index (χ0n) is 14.6. The van der Waals surface area contributed by atoms with Gasteiger partial charge in [-0.2, -0.15) is 4.98 Å². The number of allylic oxidation sites excluding steroid dienone is 1. The lowest BCUT2D eigenvalue weighted by molar-refractivity contribution is 0.679. The van der Waals surface area contributed by atoms with Gasteiger partial charge in [-0.15, -0.1) is 0 Å². The maximum absolute atomic E-state index is 4.56. The van der Waals surface area contributed by atoms with Crippen molar-refractivity contribution in [2.24, 2.45) is 0 Å². The molecule has 1 heterocycles. The van der Waals surface area contributed by atoms with E-state index in [9.17, 15) is 0 Å². The van der Waals surface area contributed by atoms with Crippen LogP contribution in [-0.4, -0.2) is 16.5 Å². The molecule has 0 saturated heterocycles. The Bertz CT molecular complexity index is 721. The fraction of sp³-hybridized carbons (Fsp3) is 0.400. The summed E-state index contributed by atoms with van der Waals surface area (Å²) in [6, 6.07) is 8.24. The summed E-state index contributed by atoms with van der Waals surface area (Å²) in [6.45, 7) is 5.11. The fourth-order valence-corrected chi connectivity index (χ4v) is 3.07. The van der Waals surface area contributed by atoms with Crippen LogP contribution in [0.4, 0.5) is 17.5 Å². The largest absolute Gasteiger partial charge is 0.370 e. The summed E-state index contributed by atoms with van der Waals surface area (Å²) >= 11 is 0. The van der Waals surface area contributed by atoms with Crippen LogP contribution >= 0.6 is 0 Å². The van der Waals surface area contributed by atoms with E-state index in [0.29, 0.717) is 5.95 Å². The van der Waals surface area contributed by atoms with Crippen molar-refractivity contribution in [1.29, 1.82) is 0 Å². The molecule has 4 heteroatoms. The van der Waals surface area contributed by atoms with Gasteiger partial charge in [0.05, 0.1) is 0 Å². The molecular weight excluding hydrogens is 296 g/mol. The van der Waals surface area contributed by atoms with Crippen LogP contribution in [0.3, 0.4) is 0 Å². The van der Waals surface area contributed by atoms with E-state index in [1.807, 2.05) is 6.07 Å². The highest BCUT2D eigenvalue weighted by molar-refractivity contribution is 5.59. The first kappa shape index (κ1) is 16.5. The van der Waals surface area contributed by atoms with Crippen molar-refractivity contribution in [2.45, 2.75) is 46.0 Å². The lowest BCUT2D eigenvalue weighted by atomic mass is 9.97. The molecule has 1 aromatic carbocycles. The minimum atomic E-state index is 0.629. The summed E-state index contributed by atoms with van der Waals surface area (Å²) < 4.78 is 0. The maximum Gasteiger partial charge on any atom is 0.229 e. The molecule has 0 radical (unpaired) electrons. The van der Waals surface area contributed by atoms with E-state index in [1.54, 1.807) is 11.8 Å². The molecule has 1 aliphatic rings. The van der Waals surface area contributed by atoms with Crippen LogP contribution in [-0.2, 0) is 0 Å². The highest BCUT2D eigenvalue weighted by atomic mass is 15.1. The van der Waals surface area contributed by atoms with Gasteiger partial charge in [0, 0.05) is 18.4 Å². The van der Waals surface area contributed by atoms with Gasteiger partial charge in [-0.1, -0.05) is 29.3 Å². The molecule has 0 bridgehead atoms. The van der Waals surface area contributed by atoms with Crippen molar-refractivity contribution in [3.05, 3.63) is 53.2 Å². The first-order valence-corrected chi connectivity index (χ1v) is 8.80. The van der Waals surface area contributed by atoms with Crippen LogP contribution in [0.25, 0.3) is 0 Å². The van der Waals surface area contributed by atoms with Crippen molar-refractivity contribution >= 4 is 17.5 Å². The van der Waals surface area contributed by atoms with E-state index in [4.69, 9.17) is 0 Å². The molecule has 0 aliphatic heterocycles. The van der Waals surface area contributed by atoms with Crippen molar-refractivity contribution < 1.29 is 0 Å². The van der Waals surface area contributed by atoms with Crippen molar-refractivity contribution in [3.8, 4) is 0 Å². The Labute approximate surface area is 144 Å². The average Bonchev–Trinajstić information content (AvgIpc) is 2.59. The molecule has 0 saturated carbocycles. The Hall–Kier alpha value is -2.36. The molecule has 24 heavy (non-hydrogen) atoms. The Morgan fingerprint density at radius 2 is 2.04 bits per heavy atom. The van der Waals surface area contributed by atoms with Crippen molar-refractivity contribution in [3.63, 3.8) is 0 Å². The van der Waals surface area contributed by atoms with Gasteiger partial charge >= 0.3 is 0 Å². The standard InChI is InChI=1S/C20H26N4/c1-15-8-9-18(16(2)14-15)23-20-22-13-11-19(24-20)21-12-10-17-6-4-3-5-7-17/h6,8-9,11,13-14H,3-5,7,10,12H2,1-2H3,(H2,21,22,23,24). The second kappa shape index (κ2) is 7.95. The minimum Gasteiger partial charge on any atom is -0.370 e. The minimum absolute atomic E-state index is 0.629. The molecule has 0 amide bonds. The molecular formula is C20H26N4.